The van der Waals surface area contributed by atoms with Crippen molar-refractivity contribution < 1.29 is 24.5 Å². The fraction of sp³-hybridized carbons (Fsp3) is 0.263. The molecule has 0 unspecified atom stereocenters. The lowest BCUT2D eigenvalue weighted by Gasteiger charge is -2.25. The number of nitrogens with zero attached hydrogens (tertiary/aromatic N) is 1. The first kappa shape index (κ1) is 16.8. The molecule has 1 fully saturated rings. The van der Waals surface area contributed by atoms with Gasteiger partial charge in [-0.05, 0) is 36.1 Å². The third-order valence-electron chi connectivity index (χ3n) is 4.40. The highest BCUT2D eigenvalue weighted by atomic mass is 16.5. The van der Waals surface area contributed by atoms with Crippen molar-refractivity contribution in [2.45, 2.75) is 31.5 Å². The first-order valence-electron chi connectivity index (χ1n) is 8.07. The first-order valence-corrected chi connectivity index (χ1v) is 8.07. The Hall–Kier alpha value is -3.02. The molecule has 2 N–H and O–H groups in total. The van der Waals surface area contributed by atoms with Gasteiger partial charge in [-0.2, -0.15) is 0 Å². The molecule has 3 rings (SSSR count). The Labute approximate surface area is 145 Å². The number of likely N-dealkylation sites (tertiary alicyclic amines) is 1. The van der Waals surface area contributed by atoms with E-state index in [-0.39, 0.29) is 0 Å². The Morgan fingerprint density at radius 3 is 2.28 bits per heavy atom. The predicted octanol–water partition coefficient (Wildman–Crippen LogP) is 3.53. The maximum atomic E-state index is 11.5. The molecule has 25 heavy (non-hydrogen) atoms. The maximum Gasteiger partial charge on any atom is 0.408 e. The lowest BCUT2D eigenvalue weighted by Crippen LogP contribution is -2.40. The van der Waals surface area contributed by atoms with E-state index < -0.39 is 24.1 Å². The Bertz CT molecular complexity index is 744. The van der Waals surface area contributed by atoms with Crippen LogP contribution in [0.3, 0.4) is 0 Å². The Balaban J connectivity index is 1.69. The quantitative estimate of drug-likeness (QED) is 0.869. The average Bonchev–Trinajstić information content (AvgIpc) is 3.07. The molecule has 2 atom stereocenters. The summed E-state index contributed by atoms with van der Waals surface area (Å²) in [6.07, 6.45) is -0.397. The number of amides is 1. The van der Waals surface area contributed by atoms with Gasteiger partial charge in [0.15, 0.2) is 0 Å². The van der Waals surface area contributed by atoms with Crippen molar-refractivity contribution in [2.75, 3.05) is 0 Å². The highest BCUT2D eigenvalue weighted by Crippen LogP contribution is 2.36. The first-order chi connectivity index (χ1) is 12.1. The van der Waals surface area contributed by atoms with Gasteiger partial charge in [-0.1, -0.05) is 42.5 Å². The van der Waals surface area contributed by atoms with Gasteiger partial charge in [-0.3, -0.25) is 4.90 Å². The van der Waals surface area contributed by atoms with Gasteiger partial charge in [-0.25, -0.2) is 9.59 Å². The summed E-state index contributed by atoms with van der Waals surface area (Å²) in [6.45, 7) is 0.450. The molecule has 6 nitrogen and oxygen atoms in total. The topological polar surface area (TPSA) is 87.1 Å². The minimum atomic E-state index is -1.21. The highest BCUT2D eigenvalue weighted by Gasteiger charge is 2.41. The van der Waals surface area contributed by atoms with Crippen LogP contribution in [-0.4, -0.2) is 33.2 Å². The zero-order valence-corrected chi connectivity index (χ0v) is 13.5. The molecule has 0 radical (unpaired) electrons. The van der Waals surface area contributed by atoms with Crippen molar-refractivity contribution in [2.24, 2.45) is 0 Å². The number of benzene rings is 2. The second-order valence-corrected chi connectivity index (χ2v) is 5.98. The fourth-order valence-electron chi connectivity index (χ4n) is 3.17. The van der Waals surface area contributed by atoms with E-state index in [1.54, 1.807) is 24.3 Å². The molecule has 1 aliphatic heterocycles. The fourth-order valence-corrected chi connectivity index (χ4v) is 3.17. The van der Waals surface area contributed by atoms with Crippen LogP contribution in [-0.2, 0) is 11.4 Å². The third kappa shape index (κ3) is 3.74. The number of ether oxygens (including phenoxy) is 1. The smallest absolute Gasteiger partial charge is 0.408 e. The zero-order chi connectivity index (χ0) is 17.8. The van der Waals surface area contributed by atoms with Crippen LogP contribution in [0.25, 0.3) is 0 Å². The van der Waals surface area contributed by atoms with Gasteiger partial charge in [0.25, 0.3) is 0 Å². The second kappa shape index (κ2) is 7.25. The zero-order valence-electron chi connectivity index (χ0n) is 13.5. The summed E-state index contributed by atoms with van der Waals surface area (Å²) >= 11 is 0. The highest BCUT2D eigenvalue weighted by molar-refractivity contribution is 5.80. The molecule has 2 aromatic carbocycles. The molecule has 0 saturated carbocycles. The molecule has 0 aromatic heterocycles. The monoisotopic (exact) mass is 341 g/mol. The van der Waals surface area contributed by atoms with Gasteiger partial charge < -0.3 is 14.9 Å². The number of rotatable bonds is 5. The van der Waals surface area contributed by atoms with E-state index in [0.29, 0.717) is 25.2 Å². The molecule has 0 spiro atoms. The SMILES string of the molecule is O=C(O)[C@H]1CC[C@@H](c2ccc(OCc3ccccc3)cc2)N1C(=O)O. The standard InChI is InChI=1S/C19H19NO5/c21-18(22)17-11-10-16(20(17)19(23)24)14-6-8-15(9-7-14)25-12-13-4-2-1-3-5-13/h1-9,16-17H,10-12H2,(H,21,22)(H,23,24)/t16-,17+/m0/s1. The van der Waals surface area contributed by atoms with E-state index in [1.165, 1.54) is 0 Å². The Morgan fingerprint density at radius 1 is 1.00 bits per heavy atom. The van der Waals surface area contributed by atoms with Gasteiger partial charge in [0.2, 0.25) is 0 Å². The van der Waals surface area contributed by atoms with E-state index in [9.17, 15) is 19.8 Å². The van der Waals surface area contributed by atoms with Crippen LogP contribution in [0.2, 0.25) is 0 Å². The molecule has 1 heterocycles. The lowest BCUT2D eigenvalue weighted by molar-refractivity contribution is -0.142. The van der Waals surface area contributed by atoms with Gasteiger partial charge in [0.1, 0.15) is 18.4 Å². The summed E-state index contributed by atoms with van der Waals surface area (Å²) < 4.78 is 5.72. The largest absolute Gasteiger partial charge is 0.489 e. The van der Waals surface area contributed by atoms with Crippen LogP contribution < -0.4 is 4.74 Å². The second-order valence-electron chi connectivity index (χ2n) is 5.98. The summed E-state index contributed by atoms with van der Waals surface area (Å²) in [6, 6.07) is 15.5. The number of carboxylic acids is 1. The summed E-state index contributed by atoms with van der Waals surface area (Å²) in [7, 11) is 0. The Kier molecular flexibility index (Phi) is 4.88. The minimum absolute atomic E-state index is 0.318. The van der Waals surface area contributed by atoms with E-state index in [0.717, 1.165) is 16.0 Å². The molecule has 130 valence electrons. The molecular weight excluding hydrogens is 322 g/mol. The van der Waals surface area contributed by atoms with Crippen LogP contribution in [0.5, 0.6) is 5.75 Å². The molecule has 1 saturated heterocycles. The number of hydrogen-bond acceptors (Lipinski definition) is 3. The van der Waals surface area contributed by atoms with Gasteiger partial charge in [0, 0.05) is 0 Å². The molecule has 0 bridgehead atoms. The number of aliphatic carboxylic acids is 1. The molecule has 2 aromatic rings. The van der Waals surface area contributed by atoms with Crippen LogP contribution >= 0.6 is 0 Å². The summed E-state index contributed by atoms with van der Waals surface area (Å²) in [5.41, 5.74) is 1.84. The molecule has 6 heteroatoms. The third-order valence-corrected chi connectivity index (χ3v) is 4.40. The van der Waals surface area contributed by atoms with Crippen molar-refractivity contribution >= 4 is 12.1 Å². The van der Waals surface area contributed by atoms with Gasteiger partial charge >= 0.3 is 12.1 Å². The normalized spacial score (nSPS) is 19.6. The van der Waals surface area contributed by atoms with Crippen molar-refractivity contribution in [3.05, 3.63) is 65.7 Å². The minimum Gasteiger partial charge on any atom is -0.489 e. The van der Waals surface area contributed by atoms with Crippen LogP contribution in [0.1, 0.15) is 30.0 Å². The maximum absolute atomic E-state index is 11.5. The molecule has 1 aliphatic rings. The summed E-state index contributed by atoms with van der Waals surface area (Å²) in [5, 5.41) is 18.6. The summed E-state index contributed by atoms with van der Waals surface area (Å²) in [5.74, 6) is -0.421. The van der Waals surface area contributed by atoms with Crippen LogP contribution in [0, 0.1) is 0 Å². The number of carbonyl (C=O) groups is 2. The van der Waals surface area contributed by atoms with Crippen LogP contribution in [0.4, 0.5) is 4.79 Å². The molecule has 1 amide bonds. The lowest BCUT2D eigenvalue weighted by atomic mass is 10.0. The van der Waals surface area contributed by atoms with E-state index >= 15 is 0 Å². The van der Waals surface area contributed by atoms with Crippen LogP contribution in [0.15, 0.2) is 54.6 Å². The van der Waals surface area contributed by atoms with E-state index in [2.05, 4.69) is 0 Å². The van der Waals surface area contributed by atoms with Crippen molar-refractivity contribution in [3.8, 4) is 5.75 Å². The van der Waals surface area contributed by atoms with E-state index in [4.69, 9.17) is 4.74 Å². The van der Waals surface area contributed by atoms with Crippen molar-refractivity contribution in [1.82, 2.24) is 4.90 Å². The average molecular weight is 341 g/mol. The molecular formula is C19H19NO5. The van der Waals surface area contributed by atoms with Crippen molar-refractivity contribution in [3.63, 3.8) is 0 Å². The number of carboxylic acid groups (broad SMARTS) is 2. The summed E-state index contributed by atoms with van der Waals surface area (Å²) in [4.78, 5) is 23.7. The van der Waals surface area contributed by atoms with Gasteiger partial charge in [-0.15, -0.1) is 0 Å². The number of hydrogen-bond donors (Lipinski definition) is 2. The Morgan fingerprint density at radius 2 is 1.68 bits per heavy atom. The van der Waals surface area contributed by atoms with E-state index in [1.807, 2.05) is 30.3 Å². The van der Waals surface area contributed by atoms with Gasteiger partial charge in [0.05, 0.1) is 6.04 Å². The van der Waals surface area contributed by atoms with Crippen molar-refractivity contribution in [1.29, 1.82) is 0 Å². The predicted molar refractivity (Wildman–Crippen MR) is 90.5 cm³/mol. The molecule has 0 aliphatic carbocycles.